The first-order chi connectivity index (χ1) is 11.9. The quantitative estimate of drug-likeness (QED) is 0.783. The smallest absolute Gasteiger partial charge is 0.331 e. The molecule has 0 aliphatic carbocycles. The number of esters is 1. The molecule has 0 unspecified atom stereocenters. The van der Waals surface area contributed by atoms with Gasteiger partial charge in [0.05, 0.1) is 32.1 Å². The fourth-order valence-electron chi connectivity index (χ4n) is 2.98. The number of methoxy groups -OCH3 is 1. The maximum Gasteiger partial charge on any atom is 0.331 e. The summed E-state index contributed by atoms with van der Waals surface area (Å²) in [5, 5.41) is 3.30. The van der Waals surface area contributed by atoms with Crippen molar-refractivity contribution in [2.45, 2.75) is 50.5 Å². The highest BCUT2D eigenvalue weighted by Gasteiger charge is 2.48. The zero-order chi connectivity index (χ0) is 18.0. The molecule has 3 heterocycles. The van der Waals surface area contributed by atoms with Crippen LogP contribution in [0.5, 0.6) is 0 Å². The number of nitrogens with zero attached hydrogens (tertiary/aromatic N) is 2. The Hall–Kier alpha value is -1.77. The molecular formula is C17H25N3O5. The van der Waals surface area contributed by atoms with E-state index in [1.165, 1.54) is 7.11 Å². The molecule has 0 bridgehead atoms. The predicted molar refractivity (Wildman–Crippen MR) is 89.4 cm³/mol. The van der Waals surface area contributed by atoms with Gasteiger partial charge in [-0.25, -0.2) is 14.8 Å². The molecule has 138 valence electrons. The molecule has 8 heteroatoms. The molecule has 4 atom stereocenters. The van der Waals surface area contributed by atoms with E-state index >= 15 is 0 Å². The van der Waals surface area contributed by atoms with Crippen LogP contribution in [0.1, 0.15) is 26.5 Å². The molecule has 1 N–H and O–H groups in total. The molecule has 0 radical (unpaired) electrons. The fourth-order valence-corrected chi connectivity index (χ4v) is 2.98. The van der Waals surface area contributed by atoms with Gasteiger partial charge in [-0.2, -0.15) is 0 Å². The third kappa shape index (κ3) is 4.08. The number of rotatable bonds is 5. The van der Waals surface area contributed by atoms with Crippen LogP contribution in [0.3, 0.4) is 0 Å². The second-order valence-electron chi connectivity index (χ2n) is 7.29. The summed E-state index contributed by atoms with van der Waals surface area (Å²) < 4.78 is 21.8. The third-order valence-corrected chi connectivity index (χ3v) is 4.39. The first-order valence-electron chi connectivity index (χ1n) is 8.40. The minimum atomic E-state index is -0.413. The summed E-state index contributed by atoms with van der Waals surface area (Å²) in [6, 6.07) is 1.86. The van der Waals surface area contributed by atoms with E-state index < -0.39 is 5.97 Å². The molecule has 0 amide bonds. The van der Waals surface area contributed by atoms with Crippen LogP contribution in [0.15, 0.2) is 12.3 Å². The average molecular weight is 351 g/mol. The maximum absolute atomic E-state index is 11.2. The van der Waals surface area contributed by atoms with Crippen LogP contribution >= 0.6 is 0 Å². The van der Waals surface area contributed by atoms with E-state index in [-0.39, 0.29) is 36.4 Å². The average Bonchev–Trinajstić information content (AvgIpc) is 3.15. The monoisotopic (exact) mass is 351 g/mol. The van der Waals surface area contributed by atoms with E-state index in [1.54, 1.807) is 6.20 Å². The summed E-state index contributed by atoms with van der Waals surface area (Å²) in [6.07, 6.45) is 1.09. The Morgan fingerprint density at radius 3 is 2.80 bits per heavy atom. The van der Waals surface area contributed by atoms with Crippen LogP contribution in [0.25, 0.3) is 0 Å². The second-order valence-corrected chi connectivity index (χ2v) is 7.29. The fraction of sp³-hybridized carbons (Fsp3) is 0.706. The topological polar surface area (TPSA) is 91.8 Å². The highest BCUT2D eigenvalue weighted by molar-refractivity contribution is 5.70. The van der Waals surface area contributed by atoms with Crippen molar-refractivity contribution in [3.05, 3.63) is 18.0 Å². The lowest BCUT2D eigenvalue weighted by molar-refractivity contribution is -0.149. The SMILES string of the molecule is COC(=O)CO[C@@H]1CO[C@H]2[C@H]1OC[C@H]2Nc1nccc(C(C)(C)C)n1. The van der Waals surface area contributed by atoms with E-state index in [9.17, 15) is 4.79 Å². The zero-order valence-corrected chi connectivity index (χ0v) is 15.0. The molecule has 2 aliphatic heterocycles. The van der Waals surface area contributed by atoms with Crippen molar-refractivity contribution in [2.24, 2.45) is 0 Å². The summed E-state index contributed by atoms with van der Waals surface area (Å²) in [7, 11) is 1.33. The van der Waals surface area contributed by atoms with Gasteiger partial charge in [-0.05, 0) is 6.07 Å². The Kier molecular flexibility index (Phi) is 5.21. The molecule has 2 aliphatic rings. The summed E-state index contributed by atoms with van der Waals surface area (Å²) in [4.78, 5) is 20.1. The normalized spacial score (nSPS) is 28.6. The van der Waals surface area contributed by atoms with Crippen molar-refractivity contribution in [1.82, 2.24) is 9.97 Å². The van der Waals surface area contributed by atoms with Gasteiger partial charge in [0.2, 0.25) is 5.95 Å². The number of nitrogens with one attached hydrogen (secondary N) is 1. The Bertz CT molecular complexity index is 619. The van der Waals surface area contributed by atoms with Crippen molar-refractivity contribution in [2.75, 3.05) is 32.2 Å². The van der Waals surface area contributed by atoms with Crippen molar-refractivity contribution >= 4 is 11.9 Å². The first-order valence-corrected chi connectivity index (χ1v) is 8.40. The minimum absolute atomic E-state index is 0.0508. The van der Waals surface area contributed by atoms with Crippen molar-refractivity contribution in [1.29, 1.82) is 0 Å². The number of ether oxygens (including phenoxy) is 4. The molecule has 0 saturated carbocycles. The van der Waals surface area contributed by atoms with Gasteiger partial charge >= 0.3 is 5.97 Å². The highest BCUT2D eigenvalue weighted by Crippen LogP contribution is 2.30. The van der Waals surface area contributed by atoms with Crippen LogP contribution in [0.2, 0.25) is 0 Å². The number of anilines is 1. The number of hydrogen-bond acceptors (Lipinski definition) is 8. The van der Waals surface area contributed by atoms with Gasteiger partial charge in [-0.1, -0.05) is 20.8 Å². The summed E-state index contributed by atoms with van der Waals surface area (Å²) >= 11 is 0. The van der Waals surface area contributed by atoms with Gasteiger partial charge in [0.1, 0.15) is 24.9 Å². The number of carbonyl (C=O) groups excluding carboxylic acids is 1. The maximum atomic E-state index is 11.2. The van der Waals surface area contributed by atoms with Crippen LogP contribution in [-0.4, -0.2) is 67.2 Å². The Morgan fingerprint density at radius 2 is 2.08 bits per heavy atom. The summed E-state index contributed by atoms with van der Waals surface area (Å²) in [6.45, 7) is 7.07. The lowest BCUT2D eigenvalue weighted by Crippen LogP contribution is -2.37. The number of fused-ring (bicyclic) bond motifs is 1. The Balaban J connectivity index is 1.60. The van der Waals surface area contributed by atoms with E-state index in [0.29, 0.717) is 19.2 Å². The van der Waals surface area contributed by atoms with Crippen LogP contribution in [0, 0.1) is 0 Å². The van der Waals surface area contributed by atoms with Crippen LogP contribution in [-0.2, 0) is 29.2 Å². The molecule has 1 aromatic rings. The predicted octanol–water partition coefficient (Wildman–Crippen LogP) is 0.910. The first kappa shape index (κ1) is 18.0. The number of carbonyl (C=O) groups is 1. The van der Waals surface area contributed by atoms with Gasteiger partial charge in [-0.15, -0.1) is 0 Å². The third-order valence-electron chi connectivity index (χ3n) is 4.39. The van der Waals surface area contributed by atoms with Crippen molar-refractivity contribution in [3.63, 3.8) is 0 Å². The van der Waals surface area contributed by atoms with E-state index in [1.807, 2.05) is 6.07 Å². The molecule has 2 saturated heterocycles. The minimum Gasteiger partial charge on any atom is -0.467 e. The highest BCUT2D eigenvalue weighted by atomic mass is 16.6. The molecule has 25 heavy (non-hydrogen) atoms. The largest absolute Gasteiger partial charge is 0.467 e. The van der Waals surface area contributed by atoms with Gasteiger partial charge in [0.15, 0.2) is 0 Å². The number of hydrogen-bond donors (Lipinski definition) is 1. The second kappa shape index (κ2) is 7.23. The Labute approximate surface area is 147 Å². The molecule has 2 fully saturated rings. The Morgan fingerprint density at radius 1 is 1.32 bits per heavy atom. The van der Waals surface area contributed by atoms with Gasteiger partial charge in [-0.3, -0.25) is 0 Å². The van der Waals surface area contributed by atoms with Crippen LogP contribution in [0.4, 0.5) is 5.95 Å². The number of aromatic nitrogens is 2. The van der Waals surface area contributed by atoms with Crippen LogP contribution < -0.4 is 5.32 Å². The van der Waals surface area contributed by atoms with E-state index in [0.717, 1.165) is 5.69 Å². The van der Waals surface area contributed by atoms with Gasteiger partial charge < -0.3 is 24.3 Å². The molecule has 0 aromatic carbocycles. The molecule has 0 spiro atoms. The summed E-state index contributed by atoms with van der Waals surface area (Å²) in [5.41, 5.74) is 0.914. The van der Waals surface area contributed by atoms with E-state index in [2.05, 4.69) is 40.8 Å². The van der Waals surface area contributed by atoms with Gasteiger partial charge in [0.25, 0.3) is 0 Å². The van der Waals surface area contributed by atoms with Crippen molar-refractivity contribution < 1.29 is 23.7 Å². The van der Waals surface area contributed by atoms with E-state index in [4.69, 9.17) is 14.2 Å². The zero-order valence-electron chi connectivity index (χ0n) is 15.0. The molecule has 3 rings (SSSR count). The lowest BCUT2D eigenvalue weighted by Gasteiger charge is -2.20. The lowest BCUT2D eigenvalue weighted by atomic mass is 9.92. The molecular weight excluding hydrogens is 326 g/mol. The van der Waals surface area contributed by atoms with Gasteiger partial charge in [0, 0.05) is 11.6 Å². The van der Waals surface area contributed by atoms with Crippen molar-refractivity contribution in [3.8, 4) is 0 Å². The summed E-state index contributed by atoms with van der Waals surface area (Å²) in [5.74, 6) is 0.146. The molecule has 8 nitrogen and oxygen atoms in total. The molecule has 1 aromatic heterocycles. The standard InChI is InChI=1S/C17H25N3O5/c1-17(2,3)12-5-6-18-16(20-12)19-10-7-24-15-11(8-25-14(10)15)23-9-13(21)22-4/h5-6,10-11,14-15H,7-9H2,1-4H3,(H,18,19,20)/t10-,11-,14-,15+/m1/s1.